The average Bonchev–Trinajstić information content (AvgIpc) is 2.19. The molecule has 0 aromatic carbocycles. The molecule has 0 aliphatic rings. The Hall–Kier alpha value is -1.91. The van der Waals surface area contributed by atoms with Gasteiger partial charge in [-0.2, -0.15) is 5.10 Å². The molecule has 0 unspecified atom stereocenters. The van der Waals surface area contributed by atoms with Gasteiger partial charge in [0.25, 0.3) is 0 Å². The van der Waals surface area contributed by atoms with Crippen molar-refractivity contribution in [3.63, 3.8) is 0 Å². The van der Waals surface area contributed by atoms with Crippen LogP contribution in [-0.2, 0) is 9.53 Å². The second kappa shape index (κ2) is 4.20. The third kappa shape index (κ3) is 2.55. The molecule has 0 spiro atoms. The van der Waals surface area contributed by atoms with E-state index >= 15 is 0 Å². The van der Waals surface area contributed by atoms with Crippen LogP contribution >= 0.6 is 0 Å². The molecule has 0 aliphatic carbocycles. The Morgan fingerprint density at radius 2 is 2.46 bits per heavy atom. The Morgan fingerprint density at radius 3 is 3.00 bits per heavy atom. The normalized spacial score (nSPS) is 11.0. The minimum Gasteiger partial charge on any atom is -0.505 e. The van der Waals surface area contributed by atoms with Crippen molar-refractivity contribution in [2.75, 3.05) is 7.11 Å². The second-order valence-corrected chi connectivity index (χ2v) is 2.16. The van der Waals surface area contributed by atoms with Crippen molar-refractivity contribution < 1.29 is 14.6 Å². The van der Waals surface area contributed by atoms with Gasteiger partial charge < -0.3 is 9.84 Å². The van der Waals surface area contributed by atoms with Gasteiger partial charge >= 0.3 is 5.97 Å². The van der Waals surface area contributed by atoms with E-state index in [1.807, 2.05) is 0 Å². The molecule has 5 heteroatoms. The zero-order valence-corrected chi connectivity index (χ0v) is 6.97. The van der Waals surface area contributed by atoms with Crippen LogP contribution in [0.25, 0.3) is 5.76 Å². The SMILES string of the molecule is COC(=O)/C=C(\O)c1cccnn1. The van der Waals surface area contributed by atoms with Crippen molar-refractivity contribution in [1.29, 1.82) is 0 Å². The molecule has 1 N–H and O–H groups in total. The third-order valence-electron chi connectivity index (χ3n) is 1.29. The highest BCUT2D eigenvalue weighted by Crippen LogP contribution is 2.05. The molecule has 0 saturated heterocycles. The highest BCUT2D eigenvalue weighted by Gasteiger charge is 2.03. The van der Waals surface area contributed by atoms with E-state index in [4.69, 9.17) is 0 Å². The summed E-state index contributed by atoms with van der Waals surface area (Å²) in [7, 11) is 1.22. The van der Waals surface area contributed by atoms with Crippen molar-refractivity contribution >= 4 is 11.7 Å². The Kier molecular flexibility index (Phi) is 2.97. The monoisotopic (exact) mass is 180 g/mol. The number of aliphatic hydroxyl groups is 1. The molecule has 0 saturated carbocycles. The van der Waals surface area contributed by atoms with Crippen molar-refractivity contribution in [3.8, 4) is 0 Å². The fourth-order valence-corrected chi connectivity index (χ4v) is 0.683. The van der Waals surface area contributed by atoms with Crippen LogP contribution in [0.15, 0.2) is 24.4 Å². The molecule has 0 radical (unpaired) electrons. The van der Waals surface area contributed by atoms with Crippen LogP contribution in [0.2, 0.25) is 0 Å². The summed E-state index contributed by atoms with van der Waals surface area (Å²) >= 11 is 0. The molecule has 1 rings (SSSR count). The van der Waals surface area contributed by atoms with Crippen molar-refractivity contribution in [2.45, 2.75) is 0 Å². The minimum atomic E-state index is -0.636. The zero-order valence-electron chi connectivity index (χ0n) is 6.97. The van der Waals surface area contributed by atoms with Gasteiger partial charge in [-0.3, -0.25) is 0 Å². The Labute approximate surface area is 74.7 Å². The number of aliphatic hydroxyl groups excluding tert-OH is 1. The molecule has 1 aromatic rings. The van der Waals surface area contributed by atoms with Gasteiger partial charge in [0.15, 0.2) is 0 Å². The highest BCUT2D eigenvalue weighted by atomic mass is 16.5. The summed E-state index contributed by atoms with van der Waals surface area (Å²) in [4.78, 5) is 10.7. The van der Waals surface area contributed by atoms with Crippen LogP contribution in [-0.4, -0.2) is 28.4 Å². The number of aromatic nitrogens is 2. The number of carbonyl (C=O) groups is 1. The first-order valence-electron chi connectivity index (χ1n) is 3.50. The Morgan fingerprint density at radius 1 is 1.69 bits per heavy atom. The minimum absolute atomic E-state index is 0.230. The van der Waals surface area contributed by atoms with E-state index < -0.39 is 5.97 Å². The standard InChI is InChI=1S/C8H8N2O3/c1-13-8(12)5-7(11)6-3-2-4-9-10-6/h2-5,11H,1H3/b7-5-. The van der Waals surface area contributed by atoms with Crippen LogP contribution in [0, 0.1) is 0 Å². The van der Waals surface area contributed by atoms with Gasteiger partial charge in [-0.1, -0.05) is 0 Å². The lowest BCUT2D eigenvalue weighted by molar-refractivity contribution is -0.134. The molecule has 1 heterocycles. The largest absolute Gasteiger partial charge is 0.505 e. The number of ether oxygens (including phenoxy) is 1. The molecule has 68 valence electrons. The predicted octanol–water partition coefficient (Wildman–Crippen LogP) is 0.548. The van der Waals surface area contributed by atoms with E-state index in [9.17, 15) is 9.90 Å². The summed E-state index contributed by atoms with van der Waals surface area (Å²) in [6.07, 6.45) is 2.40. The first-order valence-corrected chi connectivity index (χ1v) is 3.50. The van der Waals surface area contributed by atoms with E-state index in [2.05, 4.69) is 14.9 Å². The van der Waals surface area contributed by atoms with Gasteiger partial charge in [-0.05, 0) is 12.1 Å². The topological polar surface area (TPSA) is 72.3 Å². The molecule has 0 atom stereocenters. The average molecular weight is 180 g/mol. The van der Waals surface area contributed by atoms with Gasteiger partial charge in [0.05, 0.1) is 13.2 Å². The molecule has 0 fully saturated rings. The Balaban J connectivity index is 2.85. The van der Waals surface area contributed by atoms with E-state index in [-0.39, 0.29) is 11.5 Å². The van der Waals surface area contributed by atoms with Crippen LogP contribution in [0.4, 0.5) is 0 Å². The predicted molar refractivity (Wildman–Crippen MR) is 44.7 cm³/mol. The molecule has 13 heavy (non-hydrogen) atoms. The van der Waals surface area contributed by atoms with Gasteiger partial charge in [0, 0.05) is 6.20 Å². The smallest absolute Gasteiger partial charge is 0.334 e. The third-order valence-corrected chi connectivity index (χ3v) is 1.29. The maximum Gasteiger partial charge on any atom is 0.334 e. The van der Waals surface area contributed by atoms with E-state index in [0.717, 1.165) is 6.08 Å². The van der Waals surface area contributed by atoms with E-state index in [1.165, 1.54) is 19.4 Å². The van der Waals surface area contributed by atoms with Crippen LogP contribution in [0.1, 0.15) is 5.69 Å². The number of nitrogens with zero attached hydrogens (tertiary/aromatic N) is 2. The molecule has 0 aliphatic heterocycles. The molecular weight excluding hydrogens is 172 g/mol. The first kappa shape index (κ1) is 9.18. The number of esters is 1. The lowest BCUT2D eigenvalue weighted by Gasteiger charge is -1.96. The summed E-state index contributed by atoms with van der Waals surface area (Å²) in [5.74, 6) is -0.900. The molecule has 5 nitrogen and oxygen atoms in total. The molecular formula is C8H8N2O3. The summed E-state index contributed by atoms with van der Waals surface area (Å²) < 4.78 is 4.32. The summed E-state index contributed by atoms with van der Waals surface area (Å²) in [6.45, 7) is 0. The second-order valence-electron chi connectivity index (χ2n) is 2.16. The number of hydrogen-bond acceptors (Lipinski definition) is 5. The van der Waals surface area contributed by atoms with Gasteiger partial charge in [-0.15, -0.1) is 5.10 Å². The maximum absolute atomic E-state index is 10.7. The van der Waals surface area contributed by atoms with Crippen LogP contribution in [0.3, 0.4) is 0 Å². The first-order chi connectivity index (χ1) is 6.24. The quantitative estimate of drug-likeness (QED) is 0.408. The fourth-order valence-electron chi connectivity index (χ4n) is 0.683. The van der Waals surface area contributed by atoms with Crippen molar-refractivity contribution in [1.82, 2.24) is 10.2 Å². The number of hydrogen-bond donors (Lipinski definition) is 1. The van der Waals surface area contributed by atoms with Crippen molar-refractivity contribution in [3.05, 3.63) is 30.1 Å². The lowest BCUT2D eigenvalue weighted by Crippen LogP contribution is -1.98. The number of rotatable bonds is 2. The maximum atomic E-state index is 10.7. The van der Waals surface area contributed by atoms with E-state index in [1.54, 1.807) is 6.07 Å². The van der Waals surface area contributed by atoms with Crippen molar-refractivity contribution in [2.24, 2.45) is 0 Å². The number of methoxy groups -OCH3 is 1. The zero-order chi connectivity index (χ0) is 9.68. The summed E-state index contributed by atoms with van der Waals surface area (Å²) in [5, 5.41) is 16.4. The molecule has 1 aromatic heterocycles. The van der Waals surface area contributed by atoms with E-state index in [0.29, 0.717) is 0 Å². The molecule has 0 bridgehead atoms. The summed E-state index contributed by atoms with van der Waals surface area (Å²) in [6, 6.07) is 3.13. The highest BCUT2D eigenvalue weighted by molar-refractivity contribution is 5.88. The van der Waals surface area contributed by atoms with Gasteiger partial charge in [-0.25, -0.2) is 4.79 Å². The lowest BCUT2D eigenvalue weighted by atomic mass is 10.3. The molecule has 0 amide bonds. The summed E-state index contributed by atoms with van der Waals surface area (Å²) in [5.41, 5.74) is 0.230. The van der Waals surface area contributed by atoms with Crippen LogP contribution < -0.4 is 0 Å². The van der Waals surface area contributed by atoms with Gasteiger partial charge in [0.2, 0.25) is 0 Å². The Bertz CT molecular complexity index is 321. The number of carbonyl (C=O) groups excluding carboxylic acids is 1. The van der Waals surface area contributed by atoms with Crippen LogP contribution in [0.5, 0.6) is 0 Å². The van der Waals surface area contributed by atoms with Gasteiger partial charge in [0.1, 0.15) is 11.5 Å². The fraction of sp³-hybridized carbons (Fsp3) is 0.125.